The Kier molecular flexibility index (Phi) is 3.47. The minimum atomic E-state index is -4.60. The van der Waals surface area contributed by atoms with Gasteiger partial charge in [-0.15, -0.1) is 0 Å². The van der Waals surface area contributed by atoms with Gasteiger partial charge in [0.05, 0.1) is 5.56 Å². The highest BCUT2D eigenvalue weighted by Gasteiger charge is 2.31. The van der Waals surface area contributed by atoms with Crippen LogP contribution in [0.3, 0.4) is 0 Å². The van der Waals surface area contributed by atoms with Crippen molar-refractivity contribution in [1.82, 2.24) is 5.32 Å². The minimum Gasteiger partial charge on any atom is -0.224 e. The van der Waals surface area contributed by atoms with E-state index in [9.17, 15) is 26.3 Å². The van der Waals surface area contributed by atoms with Gasteiger partial charge in [0.2, 0.25) is 0 Å². The fourth-order valence-corrected chi connectivity index (χ4v) is 1.06. The third-order valence-electron chi connectivity index (χ3n) is 1.75. The van der Waals surface area contributed by atoms with Crippen molar-refractivity contribution >= 4 is 0 Å². The zero-order valence-electron chi connectivity index (χ0n) is 7.78. The topological polar surface area (TPSA) is 12.0 Å². The molecule has 0 heterocycles. The van der Waals surface area contributed by atoms with Gasteiger partial charge in [0, 0.05) is 6.54 Å². The van der Waals surface area contributed by atoms with E-state index >= 15 is 0 Å². The number of alkyl halides is 6. The molecule has 0 spiro atoms. The summed E-state index contributed by atoms with van der Waals surface area (Å²) in [6.45, 7) is -0.687. The maximum absolute atomic E-state index is 12.2. The van der Waals surface area contributed by atoms with Crippen molar-refractivity contribution < 1.29 is 26.3 Å². The van der Waals surface area contributed by atoms with Gasteiger partial charge in [-0.2, -0.15) is 26.3 Å². The third kappa shape index (κ3) is 4.09. The molecule has 16 heavy (non-hydrogen) atoms. The smallest absolute Gasteiger partial charge is 0.224 e. The number of halogens is 6. The maximum atomic E-state index is 12.2. The first-order valence-corrected chi connectivity index (χ1v) is 4.16. The molecular weight excluding hydrogens is 236 g/mol. The van der Waals surface area contributed by atoms with Crippen LogP contribution in [0.2, 0.25) is 0 Å². The molecule has 1 aromatic rings. The van der Waals surface area contributed by atoms with Gasteiger partial charge in [-0.3, -0.25) is 0 Å². The summed E-state index contributed by atoms with van der Waals surface area (Å²) in [4.78, 5) is 0. The molecule has 0 saturated carbocycles. The normalized spacial score (nSPS) is 12.9. The maximum Gasteiger partial charge on any atom is 0.457 e. The molecule has 0 aromatic heterocycles. The number of hydrogen-bond donors (Lipinski definition) is 1. The monoisotopic (exact) mass is 243 g/mol. The molecule has 0 fully saturated rings. The lowest BCUT2D eigenvalue weighted by molar-refractivity contribution is -0.158. The third-order valence-corrected chi connectivity index (χ3v) is 1.75. The summed E-state index contributed by atoms with van der Waals surface area (Å²) in [6, 6.07) is 3.74. The number of benzene rings is 1. The Morgan fingerprint density at radius 1 is 1.00 bits per heavy atom. The predicted molar refractivity (Wildman–Crippen MR) is 44.3 cm³/mol. The summed E-state index contributed by atoms with van der Waals surface area (Å²) in [5.41, 5.74) is -1.04. The lowest BCUT2D eigenvalue weighted by atomic mass is 10.1. The molecule has 0 atom stereocenters. The number of nitrogens with one attached hydrogen (secondary N) is 1. The zero-order valence-corrected chi connectivity index (χ0v) is 7.78. The summed E-state index contributed by atoms with van der Waals surface area (Å²) in [5, 5.41) is 1.15. The lowest BCUT2D eigenvalue weighted by Gasteiger charge is -2.11. The van der Waals surface area contributed by atoms with Crippen LogP contribution in [0.1, 0.15) is 11.1 Å². The van der Waals surface area contributed by atoms with E-state index in [2.05, 4.69) is 0 Å². The molecule has 1 N–H and O–H groups in total. The predicted octanol–water partition coefficient (Wildman–Crippen LogP) is 3.31. The molecular formula is C9H7F6N. The van der Waals surface area contributed by atoms with Gasteiger partial charge >= 0.3 is 12.5 Å². The molecule has 1 nitrogen and oxygen atoms in total. The lowest BCUT2D eigenvalue weighted by Crippen LogP contribution is -2.30. The van der Waals surface area contributed by atoms with Crippen molar-refractivity contribution in [2.45, 2.75) is 19.0 Å². The van der Waals surface area contributed by atoms with Gasteiger partial charge in [0.1, 0.15) is 0 Å². The molecule has 0 saturated heterocycles. The van der Waals surface area contributed by atoms with Crippen LogP contribution < -0.4 is 5.32 Å². The first-order valence-electron chi connectivity index (χ1n) is 4.16. The number of rotatable bonds is 2. The van der Waals surface area contributed by atoms with Crippen LogP contribution in [0.15, 0.2) is 24.3 Å². The van der Waals surface area contributed by atoms with Crippen molar-refractivity contribution in [1.29, 1.82) is 0 Å². The molecule has 0 bridgehead atoms. The van der Waals surface area contributed by atoms with E-state index in [0.29, 0.717) is 6.07 Å². The average Bonchev–Trinajstić information content (AvgIpc) is 2.13. The molecule has 1 rings (SSSR count). The summed E-state index contributed by atoms with van der Waals surface area (Å²) >= 11 is 0. The number of hydrogen-bond acceptors (Lipinski definition) is 1. The van der Waals surface area contributed by atoms with Gasteiger partial charge in [-0.25, -0.2) is 5.32 Å². The summed E-state index contributed by atoms with van der Waals surface area (Å²) in [6.07, 6.45) is -9.15. The highest BCUT2D eigenvalue weighted by molar-refractivity contribution is 5.25. The van der Waals surface area contributed by atoms with Gasteiger partial charge in [-0.1, -0.05) is 18.2 Å². The Morgan fingerprint density at radius 3 is 2.12 bits per heavy atom. The Hall–Kier alpha value is -1.24. The standard InChI is InChI=1S/C9H7F6N/c10-8(11,12)7-3-1-2-6(4-7)5-16-9(13,14)15/h1-4,16H,5H2. The van der Waals surface area contributed by atoms with Crippen LogP contribution in [0.4, 0.5) is 26.3 Å². The van der Waals surface area contributed by atoms with Crippen LogP contribution in [0.5, 0.6) is 0 Å². The highest BCUT2D eigenvalue weighted by Crippen LogP contribution is 2.29. The first kappa shape index (κ1) is 12.8. The molecule has 0 unspecified atom stereocenters. The Balaban J connectivity index is 2.76. The van der Waals surface area contributed by atoms with E-state index in [4.69, 9.17) is 0 Å². The van der Waals surface area contributed by atoms with Crippen molar-refractivity contribution in [2.24, 2.45) is 0 Å². The van der Waals surface area contributed by atoms with E-state index in [1.54, 1.807) is 0 Å². The molecule has 90 valence electrons. The van der Waals surface area contributed by atoms with Crippen LogP contribution >= 0.6 is 0 Å². The largest absolute Gasteiger partial charge is 0.457 e. The van der Waals surface area contributed by atoms with Crippen LogP contribution in [-0.4, -0.2) is 6.30 Å². The molecule has 1 aromatic carbocycles. The Morgan fingerprint density at radius 2 is 1.62 bits per heavy atom. The first-order chi connectivity index (χ1) is 7.18. The molecule has 7 heteroatoms. The van der Waals surface area contributed by atoms with Crippen molar-refractivity contribution in [3.8, 4) is 0 Å². The van der Waals surface area contributed by atoms with E-state index in [1.807, 2.05) is 0 Å². The highest BCUT2D eigenvalue weighted by atomic mass is 19.4. The second-order valence-electron chi connectivity index (χ2n) is 3.05. The zero-order chi connectivity index (χ0) is 12.4. The van der Waals surface area contributed by atoms with Crippen molar-refractivity contribution in [2.75, 3.05) is 0 Å². The molecule has 0 aliphatic rings. The fraction of sp³-hybridized carbons (Fsp3) is 0.333. The van der Waals surface area contributed by atoms with E-state index < -0.39 is 24.6 Å². The van der Waals surface area contributed by atoms with Gasteiger partial charge in [0.25, 0.3) is 0 Å². The fourth-order valence-electron chi connectivity index (χ4n) is 1.06. The van der Waals surface area contributed by atoms with Crippen LogP contribution in [0, 0.1) is 0 Å². The Bertz CT molecular complexity index is 354. The van der Waals surface area contributed by atoms with E-state index in [-0.39, 0.29) is 5.56 Å². The van der Waals surface area contributed by atoms with Crippen molar-refractivity contribution in [3.63, 3.8) is 0 Å². The van der Waals surface area contributed by atoms with Gasteiger partial charge in [-0.05, 0) is 11.6 Å². The Labute approximate surface area is 87.1 Å². The van der Waals surface area contributed by atoms with Gasteiger partial charge < -0.3 is 0 Å². The SMILES string of the molecule is FC(F)(F)NCc1cccc(C(F)(F)F)c1. The van der Waals surface area contributed by atoms with Crippen LogP contribution in [0.25, 0.3) is 0 Å². The molecule has 0 amide bonds. The second kappa shape index (κ2) is 4.32. The van der Waals surface area contributed by atoms with Gasteiger partial charge in [0.15, 0.2) is 0 Å². The molecule has 0 radical (unpaired) electrons. The second-order valence-corrected chi connectivity index (χ2v) is 3.05. The molecule has 0 aliphatic heterocycles. The minimum absolute atomic E-state index is 0.0767. The summed E-state index contributed by atoms with van der Waals surface area (Å²) in [5.74, 6) is 0. The van der Waals surface area contributed by atoms with Crippen LogP contribution in [-0.2, 0) is 12.7 Å². The molecule has 0 aliphatic carbocycles. The summed E-state index contributed by atoms with van der Waals surface area (Å²) < 4.78 is 71.8. The average molecular weight is 243 g/mol. The van der Waals surface area contributed by atoms with Crippen molar-refractivity contribution in [3.05, 3.63) is 35.4 Å². The quantitative estimate of drug-likeness (QED) is 0.620. The van der Waals surface area contributed by atoms with E-state index in [0.717, 1.165) is 17.4 Å². The van der Waals surface area contributed by atoms with E-state index in [1.165, 1.54) is 6.07 Å². The summed E-state index contributed by atoms with van der Waals surface area (Å²) in [7, 11) is 0.